The lowest BCUT2D eigenvalue weighted by Crippen LogP contribution is -2.34. The molecule has 1 fully saturated rings. The van der Waals surface area contributed by atoms with Gasteiger partial charge in [0.2, 0.25) is 0 Å². The van der Waals surface area contributed by atoms with Gasteiger partial charge in [0.25, 0.3) is 5.91 Å². The first-order valence-electron chi connectivity index (χ1n) is 11.8. The maximum absolute atomic E-state index is 13.1. The Labute approximate surface area is 197 Å². The van der Waals surface area contributed by atoms with Gasteiger partial charge in [0.05, 0.1) is 5.69 Å². The summed E-state index contributed by atoms with van der Waals surface area (Å²) < 4.78 is 0. The van der Waals surface area contributed by atoms with Crippen LogP contribution in [0.15, 0.2) is 42.5 Å². The quantitative estimate of drug-likeness (QED) is 0.524. The van der Waals surface area contributed by atoms with Crippen molar-refractivity contribution < 1.29 is 4.79 Å². The van der Waals surface area contributed by atoms with Crippen molar-refractivity contribution in [2.75, 3.05) is 31.9 Å². The first kappa shape index (κ1) is 23.0. The molecule has 3 N–H and O–H groups in total. The minimum atomic E-state index is -0.147. The lowest BCUT2D eigenvalue weighted by atomic mass is 9.93. The fraction of sp³-hybridized carbons (Fsp3) is 0.357. The number of nitrogen functional groups attached to an aromatic ring is 1. The average molecular weight is 443 g/mol. The van der Waals surface area contributed by atoms with Crippen LogP contribution in [-0.2, 0) is 0 Å². The number of benzene rings is 2. The summed E-state index contributed by atoms with van der Waals surface area (Å²) in [4.78, 5) is 20.4. The lowest BCUT2D eigenvalue weighted by molar-refractivity contribution is 0.0945. The van der Waals surface area contributed by atoms with Crippen molar-refractivity contribution in [1.82, 2.24) is 15.2 Å². The maximum Gasteiger partial charge on any atom is 0.269 e. The fourth-order valence-electron chi connectivity index (χ4n) is 4.51. The largest absolute Gasteiger partial charge is 0.398 e. The molecule has 0 bridgehead atoms. The van der Waals surface area contributed by atoms with Crippen LogP contribution in [0.5, 0.6) is 0 Å². The van der Waals surface area contributed by atoms with Gasteiger partial charge in [-0.3, -0.25) is 4.79 Å². The number of hydrogen-bond acceptors (Lipinski definition) is 4. The lowest BCUT2D eigenvalue weighted by Gasteiger charge is -2.18. The Morgan fingerprint density at radius 3 is 2.45 bits per heavy atom. The zero-order valence-electron chi connectivity index (χ0n) is 20.2. The second kappa shape index (κ2) is 9.75. The number of nitrogens with one attached hydrogen (secondary N) is 1. The van der Waals surface area contributed by atoms with Crippen LogP contribution in [0.3, 0.4) is 0 Å². The van der Waals surface area contributed by atoms with Crippen LogP contribution in [0.2, 0.25) is 0 Å². The molecule has 5 nitrogen and oxygen atoms in total. The standard InChI is InChI=1S/C28H34N4O/c1-18-10-11-22(16-20(18)3)27-21(4)24(23-9-7-8-19(2)26(23)29)17-25(31-27)28(33)30-12-15-32-13-5-6-14-32/h7-11,16-17H,5-6,12-15,29H2,1-4H3,(H,30,33). The summed E-state index contributed by atoms with van der Waals surface area (Å²) in [5.74, 6) is -0.147. The zero-order chi connectivity index (χ0) is 23.5. The number of hydrogen-bond donors (Lipinski definition) is 2. The van der Waals surface area contributed by atoms with Crippen molar-refractivity contribution in [2.24, 2.45) is 0 Å². The molecule has 33 heavy (non-hydrogen) atoms. The molecule has 4 rings (SSSR count). The van der Waals surface area contributed by atoms with E-state index in [1.807, 2.05) is 31.2 Å². The van der Waals surface area contributed by atoms with Gasteiger partial charge >= 0.3 is 0 Å². The van der Waals surface area contributed by atoms with E-state index >= 15 is 0 Å². The van der Waals surface area contributed by atoms with Crippen LogP contribution in [0.25, 0.3) is 22.4 Å². The molecule has 0 aliphatic carbocycles. The Morgan fingerprint density at radius 1 is 0.970 bits per heavy atom. The van der Waals surface area contributed by atoms with Crippen molar-refractivity contribution in [2.45, 2.75) is 40.5 Å². The molecule has 5 heteroatoms. The smallest absolute Gasteiger partial charge is 0.269 e. The molecule has 3 aromatic rings. The molecule has 2 aromatic carbocycles. The Balaban J connectivity index is 1.74. The van der Waals surface area contributed by atoms with Gasteiger partial charge < -0.3 is 16.0 Å². The van der Waals surface area contributed by atoms with Gasteiger partial charge in [0.1, 0.15) is 5.69 Å². The average Bonchev–Trinajstić information content (AvgIpc) is 3.31. The molecule has 1 amide bonds. The summed E-state index contributed by atoms with van der Waals surface area (Å²) in [6.07, 6.45) is 2.49. The monoisotopic (exact) mass is 442 g/mol. The summed E-state index contributed by atoms with van der Waals surface area (Å²) in [6.45, 7) is 12.0. The van der Waals surface area contributed by atoms with E-state index in [2.05, 4.69) is 49.2 Å². The molecule has 0 unspecified atom stereocenters. The molecule has 0 radical (unpaired) electrons. The number of aryl methyl sites for hydroxylation is 3. The summed E-state index contributed by atoms with van der Waals surface area (Å²) >= 11 is 0. The summed E-state index contributed by atoms with van der Waals surface area (Å²) in [7, 11) is 0. The van der Waals surface area contributed by atoms with Gasteiger partial charge in [-0.1, -0.05) is 30.3 Å². The van der Waals surface area contributed by atoms with Crippen LogP contribution in [-0.4, -0.2) is 42.0 Å². The number of carbonyl (C=O) groups is 1. The molecule has 172 valence electrons. The molecular weight excluding hydrogens is 408 g/mol. The number of para-hydroxylation sites is 1. The van der Waals surface area contributed by atoms with Crippen molar-refractivity contribution in [3.8, 4) is 22.4 Å². The number of pyridine rings is 1. The first-order valence-corrected chi connectivity index (χ1v) is 11.8. The summed E-state index contributed by atoms with van der Waals surface area (Å²) in [5.41, 5.74) is 15.8. The number of rotatable bonds is 6. The molecule has 1 saturated heterocycles. The van der Waals surface area contributed by atoms with E-state index in [0.29, 0.717) is 12.2 Å². The topological polar surface area (TPSA) is 71.2 Å². The van der Waals surface area contributed by atoms with Crippen molar-refractivity contribution in [3.63, 3.8) is 0 Å². The van der Waals surface area contributed by atoms with Crippen LogP contribution in [0, 0.1) is 27.7 Å². The molecule has 1 aliphatic rings. The molecule has 0 spiro atoms. The minimum Gasteiger partial charge on any atom is -0.398 e. The molecular formula is C28H34N4O. The van der Waals surface area contributed by atoms with E-state index in [1.165, 1.54) is 24.0 Å². The predicted molar refractivity (Wildman–Crippen MR) is 136 cm³/mol. The zero-order valence-corrected chi connectivity index (χ0v) is 20.2. The Bertz CT molecular complexity index is 1180. The van der Waals surface area contributed by atoms with Gasteiger partial charge in [-0.05, 0) is 93.6 Å². The maximum atomic E-state index is 13.1. The Hall–Kier alpha value is -3.18. The highest BCUT2D eigenvalue weighted by molar-refractivity contribution is 5.96. The van der Waals surface area contributed by atoms with E-state index < -0.39 is 0 Å². The second-order valence-corrected chi connectivity index (χ2v) is 9.17. The SMILES string of the molecule is Cc1ccc(-c2nc(C(=O)NCCN3CCCC3)cc(-c3cccc(C)c3N)c2C)cc1C. The van der Waals surface area contributed by atoms with Gasteiger partial charge in [-0.2, -0.15) is 0 Å². The van der Waals surface area contributed by atoms with Crippen LogP contribution < -0.4 is 11.1 Å². The predicted octanol–water partition coefficient (Wildman–Crippen LogP) is 5.06. The first-order chi connectivity index (χ1) is 15.8. The van der Waals surface area contributed by atoms with Crippen molar-refractivity contribution >= 4 is 11.6 Å². The number of likely N-dealkylation sites (tertiary alicyclic amines) is 1. The van der Waals surface area contributed by atoms with Crippen molar-refractivity contribution in [3.05, 3.63) is 70.4 Å². The van der Waals surface area contributed by atoms with E-state index in [0.717, 1.165) is 58.8 Å². The number of nitrogens with two attached hydrogens (primary N) is 1. The minimum absolute atomic E-state index is 0.147. The van der Waals surface area contributed by atoms with E-state index in [-0.39, 0.29) is 5.91 Å². The number of carbonyl (C=O) groups excluding carboxylic acids is 1. The van der Waals surface area contributed by atoms with Crippen molar-refractivity contribution in [1.29, 1.82) is 0 Å². The number of anilines is 1. The van der Waals surface area contributed by atoms with Gasteiger partial charge in [-0.25, -0.2) is 4.98 Å². The van der Waals surface area contributed by atoms with E-state index in [9.17, 15) is 4.79 Å². The molecule has 0 saturated carbocycles. The highest BCUT2D eigenvalue weighted by Gasteiger charge is 2.19. The highest BCUT2D eigenvalue weighted by atomic mass is 16.1. The Kier molecular flexibility index (Phi) is 6.80. The second-order valence-electron chi connectivity index (χ2n) is 9.17. The molecule has 0 atom stereocenters. The third-order valence-electron chi connectivity index (χ3n) is 6.81. The van der Waals surface area contributed by atoms with Gasteiger partial charge in [0.15, 0.2) is 0 Å². The van der Waals surface area contributed by atoms with Gasteiger partial charge in [-0.15, -0.1) is 0 Å². The Morgan fingerprint density at radius 2 is 1.73 bits per heavy atom. The van der Waals surface area contributed by atoms with E-state index in [1.54, 1.807) is 0 Å². The van der Waals surface area contributed by atoms with E-state index in [4.69, 9.17) is 10.7 Å². The molecule has 2 heterocycles. The highest BCUT2D eigenvalue weighted by Crippen LogP contribution is 2.35. The van der Waals surface area contributed by atoms with Crippen LogP contribution in [0.4, 0.5) is 5.69 Å². The third-order valence-corrected chi connectivity index (χ3v) is 6.81. The normalized spacial score (nSPS) is 13.9. The number of amides is 1. The van der Waals surface area contributed by atoms with Crippen LogP contribution in [0.1, 0.15) is 45.6 Å². The fourth-order valence-corrected chi connectivity index (χ4v) is 4.51. The van der Waals surface area contributed by atoms with Crippen LogP contribution >= 0.6 is 0 Å². The summed E-state index contributed by atoms with van der Waals surface area (Å²) in [6, 6.07) is 14.2. The number of nitrogens with zero attached hydrogens (tertiary/aromatic N) is 2. The molecule has 1 aliphatic heterocycles. The third kappa shape index (κ3) is 4.93. The summed E-state index contributed by atoms with van der Waals surface area (Å²) in [5, 5.41) is 3.07. The molecule has 1 aromatic heterocycles. The van der Waals surface area contributed by atoms with Gasteiger partial charge in [0, 0.05) is 29.9 Å². The number of aromatic nitrogens is 1.